The molecule has 3 N–H and O–H groups in total. The fourth-order valence-corrected chi connectivity index (χ4v) is 8.60. The SMILES string of the molecule is CCCCCCCCCCCCC/C=C/CC/C=C/C(O)C(CO)NC(=O)CCCCCCCCCCCCCCCCCC/C=C\CCCCCCCCCCCCCC. The molecule has 0 heterocycles. The maximum atomic E-state index is 12.4. The smallest absolute Gasteiger partial charge is 0.220 e. The van der Waals surface area contributed by atoms with Crippen LogP contribution in [-0.2, 0) is 4.79 Å². The van der Waals surface area contributed by atoms with Gasteiger partial charge in [0.1, 0.15) is 0 Å². The quantitative estimate of drug-likeness (QED) is 0.0422. The number of amides is 1. The van der Waals surface area contributed by atoms with E-state index in [1.165, 1.54) is 250 Å². The van der Waals surface area contributed by atoms with Crippen LogP contribution in [-0.4, -0.2) is 34.9 Å². The predicted octanol–water partition coefficient (Wildman–Crippen LogP) is 18.1. The third kappa shape index (κ3) is 49.5. The molecule has 61 heavy (non-hydrogen) atoms. The summed E-state index contributed by atoms with van der Waals surface area (Å²) in [7, 11) is 0. The summed E-state index contributed by atoms with van der Waals surface area (Å²) in [6.07, 6.45) is 71.7. The van der Waals surface area contributed by atoms with Crippen molar-refractivity contribution in [2.75, 3.05) is 6.61 Å². The van der Waals surface area contributed by atoms with Gasteiger partial charge in [0, 0.05) is 6.42 Å². The van der Waals surface area contributed by atoms with Crippen molar-refractivity contribution in [3.8, 4) is 0 Å². The van der Waals surface area contributed by atoms with E-state index in [0.29, 0.717) is 6.42 Å². The van der Waals surface area contributed by atoms with Crippen LogP contribution in [0.25, 0.3) is 0 Å². The van der Waals surface area contributed by atoms with E-state index >= 15 is 0 Å². The average molecular weight is 857 g/mol. The Bertz CT molecular complexity index is 928. The zero-order chi connectivity index (χ0) is 44.2. The summed E-state index contributed by atoms with van der Waals surface area (Å²) < 4.78 is 0. The lowest BCUT2D eigenvalue weighted by atomic mass is 10.0. The molecule has 0 aliphatic carbocycles. The van der Waals surface area contributed by atoms with Gasteiger partial charge in [-0.05, 0) is 57.8 Å². The van der Waals surface area contributed by atoms with Gasteiger partial charge in [-0.1, -0.05) is 275 Å². The molecule has 2 unspecified atom stereocenters. The van der Waals surface area contributed by atoms with E-state index in [1.807, 2.05) is 6.08 Å². The number of rotatable bonds is 51. The molecule has 0 aromatic heterocycles. The van der Waals surface area contributed by atoms with Crippen molar-refractivity contribution in [3.05, 3.63) is 36.5 Å². The van der Waals surface area contributed by atoms with Crippen molar-refractivity contribution in [1.82, 2.24) is 5.32 Å². The molecule has 0 aliphatic heterocycles. The van der Waals surface area contributed by atoms with Crippen LogP contribution in [0.1, 0.15) is 303 Å². The number of aliphatic hydroxyl groups is 2. The van der Waals surface area contributed by atoms with E-state index in [-0.39, 0.29) is 12.5 Å². The normalized spacial score (nSPS) is 13.0. The number of carbonyl (C=O) groups excluding carboxylic acids is 1. The van der Waals surface area contributed by atoms with Gasteiger partial charge in [-0.15, -0.1) is 0 Å². The fourth-order valence-electron chi connectivity index (χ4n) is 8.60. The van der Waals surface area contributed by atoms with Gasteiger partial charge in [-0.2, -0.15) is 0 Å². The van der Waals surface area contributed by atoms with E-state index in [0.717, 1.165) is 32.1 Å². The predicted molar refractivity (Wildman–Crippen MR) is 272 cm³/mol. The minimum atomic E-state index is -0.861. The van der Waals surface area contributed by atoms with Crippen LogP contribution < -0.4 is 5.32 Å². The Labute approximate surface area is 382 Å². The van der Waals surface area contributed by atoms with Gasteiger partial charge in [0.25, 0.3) is 0 Å². The average Bonchev–Trinajstić information content (AvgIpc) is 3.26. The number of hydrogen-bond acceptors (Lipinski definition) is 3. The molecule has 0 spiro atoms. The highest BCUT2D eigenvalue weighted by Crippen LogP contribution is 2.17. The lowest BCUT2D eigenvalue weighted by Crippen LogP contribution is -2.45. The summed E-state index contributed by atoms with van der Waals surface area (Å²) in [6.45, 7) is 4.32. The first-order valence-electron chi connectivity index (χ1n) is 27.7. The van der Waals surface area contributed by atoms with Gasteiger partial charge in [0.05, 0.1) is 18.8 Å². The summed E-state index contributed by atoms with van der Waals surface area (Å²) in [5.74, 6) is -0.0696. The standard InChI is InChI=1S/C57H109NO3/c1-3-5-7-9-11-13-15-17-19-21-22-23-24-25-26-27-28-29-30-31-32-33-34-35-37-39-41-43-45-47-49-51-53-57(61)58-55(54-59)56(60)52-50-48-46-44-42-40-38-36-20-18-16-14-12-10-8-6-4-2/h25-26,42,44,50,52,55-56,59-60H,3-24,27-41,43,45-49,51,53-54H2,1-2H3,(H,58,61)/b26-25-,44-42+,52-50+. The Kier molecular flexibility index (Phi) is 51.7. The van der Waals surface area contributed by atoms with Crippen LogP contribution in [0, 0.1) is 0 Å². The molecule has 0 saturated heterocycles. The zero-order valence-electron chi connectivity index (χ0n) is 41.4. The summed E-state index contributed by atoms with van der Waals surface area (Å²) >= 11 is 0. The van der Waals surface area contributed by atoms with E-state index in [9.17, 15) is 15.0 Å². The van der Waals surface area contributed by atoms with Crippen LogP contribution in [0.15, 0.2) is 36.5 Å². The minimum Gasteiger partial charge on any atom is -0.394 e. The van der Waals surface area contributed by atoms with Crippen molar-refractivity contribution in [1.29, 1.82) is 0 Å². The highest BCUT2D eigenvalue weighted by molar-refractivity contribution is 5.76. The maximum absolute atomic E-state index is 12.4. The Balaban J connectivity index is 3.47. The molecule has 0 aromatic rings. The highest BCUT2D eigenvalue weighted by atomic mass is 16.3. The number of nitrogens with one attached hydrogen (secondary N) is 1. The number of hydrogen-bond donors (Lipinski definition) is 3. The molecule has 0 aliphatic rings. The molecule has 0 bridgehead atoms. The van der Waals surface area contributed by atoms with Crippen LogP contribution in [0.2, 0.25) is 0 Å². The molecule has 360 valence electrons. The zero-order valence-corrected chi connectivity index (χ0v) is 41.4. The van der Waals surface area contributed by atoms with Crippen molar-refractivity contribution >= 4 is 5.91 Å². The van der Waals surface area contributed by atoms with Gasteiger partial charge in [-0.25, -0.2) is 0 Å². The monoisotopic (exact) mass is 856 g/mol. The van der Waals surface area contributed by atoms with Gasteiger partial charge >= 0.3 is 0 Å². The largest absolute Gasteiger partial charge is 0.394 e. The first-order chi connectivity index (χ1) is 30.2. The molecular weight excluding hydrogens is 747 g/mol. The molecule has 1 amide bonds. The second-order valence-corrected chi connectivity index (χ2v) is 19.0. The molecule has 0 saturated carbocycles. The lowest BCUT2D eigenvalue weighted by Gasteiger charge is -2.19. The van der Waals surface area contributed by atoms with E-state index < -0.39 is 12.1 Å². The molecule has 4 nitrogen and oxygen atoms in total. The Morgan fingerprint density at radius 1 is 0.377 bits per heavy atom. The summed E-state index contributed by atoms with van der Waals surface area (Å²) in [6, 6.07) is -0.637. The molecule has 4 heteroatoms. The van der Waals surface area contributed by atoms with Gasteiger partial charge in [0.2, 0.25) is 5.91 Å². The summed E-state index contributed by atoms with van der Waals surface area (Å²) in [5, 5.41) is 23.1. The van der Waals surface area contributed by atoms with Crippen LogP contribution >= 0.6 is 0 Å². The molecule has 0 radical (unpaired) electrons. The maximum Gasteiger partial charge on any atom is 0.220 e. The first kappa shape index (κ1) is 59.6. The highest BCUT2D eigenvalue weighted by Gasteiger charge is 2.18. The van der Waals surface area contributed by atoms with Crippen molar-refractivity contribution < 1.29 is 15.0 Å². The number of unbranched alkanes of at least 4 members (excludes halogenated alkanes) is 40. The minimum absolute atomic E-state index is 0.0696. The van der Waals surface area contributed by atoms with Gasteiger partial charge in [0.15, 0.2) is 0 Å². The van der Waals surface area contributed by atoms with E-state index in [2.05, 4.69) is 43.5 Å². The van der Waals surface area contributed by atoms with Crippen molar-refractivity contribution in [2.24, 2.45) is 0 Å². The number of carbonyl (C=O) groups is 1. The topological polar surface area (TPSA) is 69.6 Å². The number of allylic oxidation sites excluding steroid dienone is 5. The third-order valence-corrected chi connectivity index (χ3v) is 12.8. The van der Waals surface area contributed by atoms with Crippen LogP contribution in [0.4, 0.5) is 0 Å². The molecule has 0 fully saturated rings. The molecular formula is C57H109NO3. The summed E-state index contributed by atoms with van der Waals surface area (Å²) in [4.78, 5) is 12.4. The first-order valence-corrected chi connectivity index (χ1v) is 27.7. The Morgan fingerprint density at radius 3 is 0.951 bits per heavy atom. The lowest BCUT2D eigenvalue weighted by molar-refractivity contribution is -0.123. The molecule has 2 atom stereocenters. The summed E-state index contributed by atoms with van der Waals surface area (Å²) in [5.41, 5.74) is 0. The Morgan fingerprint density at radius 2 is 0.639 bits per heavy atom. The van der Waals surface area contributed by atoms with Crippen molar-refractivity contribution in [2.45, 2.75) is 315 Å². The second kappa shape index (κ2) is 53.0. The van der Waals surface area contributed by atoms with Crippen LogP contribution in [0.5, 0.6) is 0 Å². The Hall–Kier alpha value is -1.39. The van der Waals surface area contributed by atoms with E-state index in [1.54, 1.807) is 6.08 Å². The fraction of sp³-hybridized carbons (Fsp3) is 0.877. The molecule has 0 aromatic carbocycles. The second-order valence-electron chi connectivity index (χ2n) is 19.0. The third-order valence-electron chi connectivity index (χ3n) is 12.8. The van der Waals surface area contributed by atoms with Crippen molar-refractivity contribution in [3.63, 3.8) is 0 Å². The molecule has 0 rings (SSSR count). The van der Waals surface area contributed by atoms with E-state index in [4.69, 9.17) is 0 Å². The van der Waals surface area contributed by atoms with Gasteiger partial charge in [-0.3, -0.25) is 4.79 Å². The van der Waals surface area contributed by atoms with Gasteiger partial charge < -0.3 is 15.5 Å². The van der Waals surface area contributed by atoms with Crippen LogP contribution in [0.3, 0.4) is 0 Å². The number of aliphatic hydroxyl groups excluding tert-OH is 2.